The second kappa shape index (κ2) is 7.55. The Balaban J connectivity index is 2.12. The van der Waals surface area contributed by atoms with Crippen LogP contribution in [0.25, 0.3) is 11.3 Å². The van der Waals surface area contributed by atoms with E-state index in [1.807, 2.05) is 12.1 Å². The van der Waals surface area contributed by atoms with E-state index in [1.54, 1.807) is 42.7 Å². The van der Waals surface area contributed by atoms with Gasteiger partial charge in [-0.1, -0.05) is 18.2 Å². The Morgan fingerprint density at radius 2 is 1.74 bits per heavy atom. The number of nitrogens with zero attached hydrogens (tertiary/aromatic N) is 2. The molecule has 0 radical (unpaired) electrons. The van der Waals surface area contributed by atoms with Gasteiger partial charge in [0.2, 0.25) is 5.91 Å². The molecule has 27 heavy (non-hydrogen) atoms. The van der Waals surface area contributed by atoms with Crippen molar-refractivity contribution in [2.75, 3.05) is 16.9 Å². The molecule has 0 aliphatic heterocycles. The number of aromatic nitrogens is 2. The number of hydrogen-bond acceptors (Lipinski definition) is 6. The van der Waals surface area contributed by atoms with Gasteiger partial charge in [0, 0.05) is 37.2 Å². The number of rotatable bonds is 5. The monoisotopic (exact) mass is 382 g/mol. The highest BCUT2D eigenvalue weighted by Gasteiger charge is 2.15. The summed E-state index contributed by atoms with van der Waals surface area (Å²) < 4.78 is 24.2. The molecule has 138 valence electrons. The summed E-state index contributed by atoms with van der Waals surface area (Å²) in [5.41, 5.74) is 2.34. The molecule has 3 aromatic rings. The summed E-state index contributed by atoms with van der Waals surface area (Å²) in [6, 6.07) is 13.7. The molecule has 0 atom stereocenters. The molecule has 0 saturated carbocycles. The first-order valence-corrected chi connectivity index (χ1v) is 9.99. The van der Waals surface area contributed by atoms with Crippen LogP contribution in [0.3, 0.4) is 0 Å². The van der Waals surface area contributed by atoms with Crippen LogP contribution in [0.1, 0.15) is 6.92 Å². The SMILES string of the molecule is CC(=O)Nc1cc(Nc2ccccc2S(C)(=O)=O)c(-c2ccccn2)cn1. The minimum absolute atomic E-state index is 0.176. The Kier molecular flexibility index (Phi) is 5.18. The van der Waals surface area contributed by atoms with E-state index in [9.17, 15) is 13.2 Å². The van der Waals surface area contributed by atoms with Crippen LogP contribution in [-0.4, -0.2) is 30.5 Å². The molecule has 8 heteroatoms. The van der Waals surface area contributed by atoms with Crippen LogP contribution in [0.2, 0.25) is 0 Å². The number of para-hydroxylation sites is 1. The molecule has 0 unspecified atom stereocenters. The molecule has 1 amide bonds. The van der Waals surface area contributed by atoms with E-state index in [0.29, 0.717) is 28.5 Å². The number of hydrogen-bond donors (Lipinski definition) is 2. The Labute approximate surface area is 157 Å². The highest BCUT2D eigenvalue weighted by molar-refractivity contribution is 7.90. The zero-order valence-corrected chi connectivity index (χ0v) is 15.6. The third-order valence-corrected chi connectivity index (χ3v) is 4.86. The lowest BCUT2D eigenvalue weighted by molar-refractivity contribution is -0.114. The predicted octanol–water partition coefficient (Wildman–Crippen LogP) is 3.25. The van der Waals surface area contributed by atoms with Crippen molar-refractivity contribution in [3.05, 3.63) is 60.9 Å². The van der Waals surface area contributed by atoms with E-state index in [0.717, 1.165) is 6.26 Å². The fourth-order valence-corrected chi connectivity index (χ4v) is 3.42. The predicted molar refractivity (Wildman–Crippen MR) is 105 cm³/mol. The lowest BCUT2D eigenvalue weighted by Gasteiger charge is -2.15. The topological polar surface area (TPSA) is 101 Å². The fraction of sp³-hybridized carbons (Fsp3) is 0.105. The minimum atomic E-state index is -3.42. The van der Waals surface area contributed by atoms with Gasteiger partial charge in [-0.05, 0) is 24.3 Å². The number of carbonyl (C=O) groups excluding carboxylic acids is 1. The minimum Gasteiger partial charge on any atom is -0.354 e. The highest BCUT2D eigenvalue weighted by Crippen LogP contribution is 2.32. The Bertz CT molecular complexity index is 1080. The van der Waals surface area contributed by atoms with Gasteiger partial charge < -0.3 is 10.6 Å². The molecule has 7 nitrogen and oxygen atoms in total. The van der Waals surface area contributed by atoms with Gasteiger partial charge in [0.1, 0.15) is 5.82 Å². The van der Waals surface area contributed by atoms with Crippen molar-refractivity contribution in [3.63, 3.8) is 0 Å². The van der Waals surface area contributed by atoms with Gasteiger partial charge in [-0.2, -0.15) is 0 Å². The lowest BCUT2D eigenvalue weighted by atomic mass is 10.1. The Morgan fingerprint density at radius 1 is 1.00 bits per heavy atom. The number of benzene rings is 1. The number of carbonyl (C=O) groups is 1. The standard InChI is InChI=1S/C19H18N4O3S/c1-13(24)22-19-11-17(14(12-21-19)15-7-5-6-10-20-15)23-16-8-3-4-9-18(16)27(2,25)26/h3-12H,1-2H3,(H2,21,22,23,24). The van der Waals surface area contributed by atoms with E-state index in [2.05, 4.69) is 20.6 Å². The molecule has 1 aromatic carbocycles. The molecule has 3 rings (SSSR count). The van der Waals surface area contributed by atoms with Gasteiger partial charge >= 0.3 is 0 Å². The maximum absolute atomic E-state index is 12.1. The zero-order chi connectivity index (χ0) is 19.4. The average molecular weight is 382 g/mol. The molecular weight excluding hydrogens is 364 g/mol. The molecule has 0 saturated heterocycles. The first-order chi connectivity index (χ1) is 12.8. The van der Waals surface area contributed by atoms with Crippen LogP contribution >= 0.6 is 0 Å². The van der Waals surface area contributed by atoms with Gasteiger partial charge in [0.25, 0.3) is 0 Å². The van der Waals surface area contributed by atoms with E-state index >= 15 is 0 Å². The van der Waals surface area contributed by atoms with Gasteiger partial charge in [-0.3, -0.25) is 9.78 Å². The third kappa shape index (κ3) is 4.48. The molecule has 0 fully saturated rings. The van der Waals surface area contributed by atoms with E-state index in [-0.39, 0.29) is 10.8 Å². The molecule has 2 N–H and O–H groups in total. The number of sulfone groups is 1. The third-order valence-electron chi connectivity index (χ3n) is 3.70. The summed E-state index contributed by atoms with van der Waals surface area (Å²) in [6.45, 7) is 1.39. The first-order valence-electron chi connectivity index (χ1n) is 8.10. The molecule has 0 aliphatic rings. The van der Waals surface area contributed by atoms with Gasteiger partial charge in [-0.25, -0.2) is 13.4 Å². The van der Waals surface area contributed by atoms with Crippen molar-refractivity contribution in [2.45, 2.75) is 11.8 Å². The number of amides is 1. The zero-order valence-electron chi connectivity index (χ0n) is 14.8. The van der Waals surface area contributed by atoms with Gasteiger partial charge in [0.05, 0.1) is 22.0 Å². The summed E-state index contributed by atoms with van der Waals surface area (Å²) in [6.07, 6.45) is 4.40. The maximum Gasteiger partial charge on any atom is 0.222 e. The Hall–Kier alpha value is -3.26. The first kappa shape index (κ1) is 18.5. The number of pyridine rings is 2. The van der Waals surface area contributed by atoms with Crippen molar-refractivity contribution in [3.8, 4) is 11.3 Å². The molecular formula is C19H18N4O3S. The number of nitrogens with one attached hydrogen (secondary N) is 2. The van der Waals surface area contributed by atoms with Crippen LogP contribution in [0.5, 0.6) is 0 Å². The number of anilines is 3. The molecule has 2 heterocycles. The molecule has 0 bridgehead atoms. The highest BCUT2D eigenvalue weighted by atomic mass is 32.2. The fourth-order valence-electron chi connectivity index (χ4n) is 2.57. The van der Waals surface area contributed by atoms with E-state index in [1.165, 1.54) is 13.0 Å². The molecule has 0 aliphatic carbocycles. The summed E-state index contributed by atoms with van der Waals surface area (Å²) >= 11 is 0. The van der Waals surface area contributed by atoms with Crippen LogP contribution in [0.4, 0.5) is 17.2 Å². The second-order valence-corrected chi connectivity index (χ2v) is 7.89. The Morgan fingerprint density at radius 3 is 2.41 bits per heavy atom. The molecule has 2 aromatic heterocycles. The van der Waals surface area contributed by atoms with Crippen LogP contribution in [0.15, 0.2) is 65.8 Å². The van der Waals surface area contributed by atoms with E-state index in [4.69, 9.17) is 0 Å². The normalized spacial score (nSPS) is 11.0. The summed E-state index contributed by atoms with van der Waals surface area (Å²) in [5, 5.41) is 5.78. The van der Waals surface area contributed by atoms with Crippen LogP contribution in [-0.2, 0) is 14.6 Å². The average Bonchev–Trinajstić information content (AvgIpc) is 2.62. The van der Waals surface area contributed by atoms with Crippen molar-refractivity contribution in [2.24, 2.45) is 0 Å². The largest absolute Gasteiger partial charge is 0.354 e. The van der Waals surface area contributed by atoms with Crippen LogP contribution in [0, 0.1) is 0 Å². The second-order valence-electron chi connectivity index (χ2n) is 5.90. The van der Waals surface area contributed by atoms with E-state index < -0.39 is 9.84 Å². The lowest BCUT2D eigenvalue weighted by Crippen LogP contribution is -2.09. The van der Waals surface area contributed by atoms with Crippen molar-refractivity contribution in [1.29, 1.82) is 0 Å². The van der Waals surface area contributed by atoms with Gasteiger partial charge in [-0.15, -0.1) is 0 Å². The van der Waals surface area contributed by atoms with Crippen LogP contribution < -0.4 is 10.6 Å². The summed E-state index contributed by atoms with van der Waals surface area (Å²) in [7, 11) is -3.42. The van der Waals surface area contributed by atoms with Crippen molar-refractivity contribution < 1.29 is 13.2 Å². The van der Waals surface area contributed by atoms with Gasteiger partial charge in [0.15, 0.2) is 9.84 Å². The maximum atomic E-state index is 12.1. The van der Waals surface area contributed by atoms with Crippen molar-refractivity contribution in [1.82, 2.24) is 9.97 Å². The summed E-state index contributed by atoms with van der Waals surface area (Å²) in [4.78, 5) is 20.1. The van der Waals surface area contributed by atoms with Crippen molar-refractivity contribution >= 4 is 32.9 Å². The smallest absolute Gasteiger partial charge is 0.222 e. The summed E-state index contributed by atoms with van der Waals surface area (Å²) in [5.74, 6) is 0.0945. The molecule has 0 spiro atoms. The quantitative estimate of drug-likeness (QED) is 0.702.